The highest BCUT2D eigenvalue weighted by Crippen LogP contribution is 2.31. The maximum Gasteiger partial charge on any atom is 0.338 e. The number of rotatable bonds is 5. The Labute approximate surface area is 158 Å². The number of hydrogen-bond acceptors (Lipinski definition) is 5. The third kappa shape index (κ3) is 3.95. The van der Waals surface area contributed by atoms with Crippen LogP contribution in [0.1, 0.15) is 22.3 Å². The van der Waals surface area contributed by atoms with Gasteiger partial charge in [0.1, 0.15) is 0 Å². The van der Waals surface area contributed by atoms with Crippen molar-refractivity contribution in [3.63, 3.8) is 0 Å². The van der Waals surface area contributed by atoms with Gasteiger partial charge in [-0.3, -0.25) is 9.10 Å². The van der Waals surface area contributed by atoms with Crippen molar-refractivity contribution in [2.24, 2.45) is 0 Å². The van der Waals surface area contributed by atoms with Crippen LogP contribution in [0.15, 0.2) is 53.4 Å². The SMILES string of the molecule is CNC(=O)COC(=O)c1cccc(S(=O)(=O)N2CCCc3ccccc32)c1. The summed E-state index contributed by atoms with van der Waals surface area (Å²) in [5.74, 6) is -1.20. The van der Waals surface area contributed by atoms with Crippen LogP contribution in [-0.2, 0) is 26.0 Å². The molecule has 1 amide bonds. The molecule has 0 fully saturated rings. The van der Waals surface area contributed by atoms with Crippen LogP contribution in [0.25, 0.3) is 0 Å². The van der Waals surface area contributed by atoms with E-state index >= 15 is 0 Å². The first kappa shape index (κ1) is 18.9. The van der Waals surface area contributed by atoms with Crippen molar-refractivity contribution in [3.8, 4) is 0 Å². The first-order valence-electron chi connectivity index (χ1n) is 8.52. The molecule has 2 aromatic carbocycles. The minimum Gasteiger partial charge on any atom is -0.452 e. The molecule has 1 aliphatic rings. The van der Waals surface area contributed by atoms with Crippen molar-refractivity contribution >= 4 is 27.6 Å². The van der Waals surface area contributed by atoms with E-state index in [1.165, 1.54) is 35.6 Å². The van der Waals surface area contributed by atoms with Crippen LogP contribution in [0.3, 0.4) is 0 Å². The third-order valence-corrected chi connectivity index (χ3v) is 6.15. The number of hydrogen-bond donors (Lipinski definition) is 1. The lowest BCUT2D eigenvalue weighted by atomic mass is 10.0. The summed E-state index contributed by atoms with van der Waals surface area (Å²) in [5, 5.41) is 2.34. The average Bonchev–Trinajstić information content (AvgIpc) is 2.71. The Hall–Kier alpha value is -2.87. The molecule has 142 valence electrons. The first-order valence-corrected chi connectivity index (χ1v) is 9.96. The Morgan fingerprint density at radius 3 is 2.70 bits per heavy atom. The predicted octanol–water partition coefficient (Wildman–Crippen LogP) is 1.73. The van der Waals surface area contributed by atoms with Crippen LogP contribution in [0.2, 0.25) is 0 Å². The van der Waals surface area contributed by atoms with E-state index in [9.17, 15) is 18.0 Å². The minimum absolute atomic E-state index is 0.00796. The predicted molar refractivity (Wildman–Crippen MR) is 100 cm³/mol. The highest BCUT2D eigenvalue weighted by molar-refractivity contribution is 7.92. The highest BCUT2D eigenvalue weighted by Gasteiger charge is 2.29. The van der Waals surface area contributed by atoms with E-state index in [-0.39, 0.29) is 10.5 Å². The average molecular weight is 388 g/mol. The first-order chi connectivity index (χ1) is 12.9. The fourth-order valence-corrected chi connectivity index (χ4v) is 4.53. The number of carbonyl (C=O) groups is 2. The number of fused-ring (bicyclic) bond motifs is 1. The van der Waals surface area contributed by atoms with E-state index in [2.05, 4.69) is 5.32 Å². The van der Waals surface area contributed by atoms with Crippen molar-refractivity contribution in [1.29, 1.82) is 0 Å². The minimum atomic E-state index is -3.82. The van der Waals surface area contributed by atoms with Crippen molar-refractivity contribution in [2.75, 3.05) is 24.5 Å². The van der Waals surface area contributed by atoms with E-state index < -0.39 is 28.5 Å². The summed E-state index contributed by atoms with van der Waals surface area (Å²) in [5.41, 5.74) is 1.72. The summed E-state index contributed by atoms with van der Waals surface area (Å²) in [6.45, 7) is -0.0451. The van der Waals surface area contributed by atoms with Gasteiger partial charge in [0.25, 0.3) is 15.9 Å². The van der Waals surface area contributed by atoms with Crippen molar-refractivity contribution in [3.05, 3.63) is 59.7 Å². The molecule has 0 spiro atoms. The Kier molecular flexibility index (Phi) is 5.46. The summed E-state index contributed by atoms with van der Waals surface area (Å²) in [4.78, 5) is 23.3. The molecule has 0 aromatic heterocycles. The van der Waals surface area contributed by atoms with Gasteiger partial charge in [0.05, 0.1) is 16.1 Å². The van der Waals surface area contributed by atoms with E-state index in [0.29, 0.717) is 12.2 Å². The van der Waals surface area contributed by atoms with Crippen LogP contribution in [-0.4, -0.2) is 40.5 Å². The third-order valence-electron chi connectivity index (χ3n) is 4.34. The number of nitrogens with one attached hydrogen (secondary N) is 1. The second-order valence-corrected chi connectivity index (χ2v) is 7.95. The number of para-hydroxylation sites is 1. The number of nitrogens with zero attached hydrogens (tertiary/aromatic N) is 1. The molecule has 0 aliphatic carbocycles. The van der Waals surface area contributed by atoms with E-state index in [4.69, 9.17) is 4.74 Å². The maximum atomic E-state index is 13.1. The molecule has 0 atom stereocenters. The molecular formula is C19H20N2O5S. The smallest absolute Gasteiger partial charge is 0.338 e. The summed E-state index contributed by atoms with van der Waals surface area (Å²) in [7, 11) is -2.39. The lowest BCUT2D eigenvalue weighted by Crippen LogP contribution is -2.35. The lowest BCUT2D eigenvalue weighted by molar-refractivity contribution is -0.123. The fraction of sp³-hybridized carbons (Fsp3) is 0.263. The number of benzene rings is 2. The molecule has 8 heteroatoms. The zero-order valence-corrected chi connectivity index (χ0v) is 15.7. The van der Waals surface area contributed by atoms with Gasteiger partial charge < -0.3 is 10.1 Å². The Morgan fingerprint density at radius 2 is 1.93 bits per heavy atom. The number of ether oxygens (including phenoxy) is 1. The topological polar surface area (TPSA) is 92.8 Å². The Morgan fingerprint density at radius 1 is 1.15 bits per heavy atom. The van der Waals surface area contributed by atoms with Gasteiger partial charge >= 0.3 is 5.97 Å². The molecule has 0 saturated heterocycles. The van der Waals surface area contributed by atoms with E-state index in [1.807, 2.05) is 12.1 Å². The highest BCUT2D eigenvalue weighted by atomic mass is 32.2. The van der Waals surface area contributed by atoms with E-state index in [1.54, 1.807) is 12.1 Å². The second-order valence-electron chi connectivity index (χ2n) is 6.09. The number of aryl methyl sites for hydroxylation is 1. The Balaban J connectivity index is 1.88. The Bertz CT molecular complexity index is 972. The lowest BCUT2D eigenvalue weighted by Gasteiger charge is -2.30. The molecule has 2 aromatic rings. The number of anilines is 1. The van der Waals surface area contributed by atoms with Crippen molar-refractivity contribution in [2.45, 2.75) is 17.7 Å². The zero-order valence-electron chi connectivity index (χ0n) is 14.8. The van der Waals surface area contributed by atoms with Crippen molar-refractivity contribution in [1.82, 2.24) is 5.32 Å². The maximum absolute atomic E-state index is 13.1. The molecule has 0 radical (unpaired) electrons. The summed E-state index contributed by atoms with van der Waals surface area (Å²) >= 11 is 0. The number of amides is 1. The normalized spacial score (nSPS) is 13.6. The van der Waals surface area contributed by atoms with Gasteiger partial charge in [-0.1, -0.05) is 24.3 Å². The summed E-state index contributed by atoms with van der Waals surface area (Å²) in [6, 6.07) is 13.1. The largest absolute Gasteiger partial charge is 0.452 e. The van der Waals surface area contributed by atoms with E-state index in [0.717, 1.165) is 18.4 Å². The summed E-state index contributed by atoms with van der Waals surface area (Å²) in [6.07, 6.45) is 1.55. The zero-order chi connectivity index (χ0) is 19.4. The van der Waals surface area contributed by atoms with Crippen LogP contribution in [0.4, 0.5) is 5.69 Å². The van der Waals surface area contributed by atoms with Gasteiger partial charge in [-0.15, -0.1) is 0 Å². The number of sulfonamides is 1. The van der Waals surface area contributed by atoms with Crippen LogP contribution in [0, 0.1) is 0 Å². The van der Waals surface area contributed by atoms with Crippen LogP contribution < -0.4 is 9.62 Å². The van der Waals surface area contributed by atoms with Gasteiger partial charge in [0, 0.05) is 13.6 Å². The molecule has 1 N–H and O–H groups in total. The molecule has 7 nitrogen and oxygen atoms in total. The number of carbonyl (C=O) groups excluding carboxylic acids is 2. The molecule has 0 bridgehead atoms. The summed E-state index contributed by atoms with van der Waals surface area (Å²) < 4.78 is 32.6. The molecule has 0 unspecified atom stereocenters. The standard InChI is InChI=1S/C19H20N2O5S/c1-20-18(22)13-26-19(23)15-7-4-9-16(12-15)27(24,25)21-11-5-8-14-6-2-3-10-17(14)21/h2-4,6-7,9-10,12H,5,8,11,13H2,1H3,(H,20,22). The van der Waals surface area contributed by atoms with Gasteiger partial charge in [0.15, 0.2) is 6.61 Å². The molecule has 3 rings (SSSR count). The molecule has 1 aliphatic heterocycles. The molecule has 27 heavy (non-hydrogen) atoms. The van der Waals surface area contributed by atoms with Gasteiger partial charge in [0.2, 0.25) is 0 Å². The quantitative estimate of drug-likeness (QED) is 0.788. The van der Waals surface area contributed by atoms with Crippen LogP contribution >= 0.6 is 0 Å². The fourth-order valence-electron chi connectivity index (χ4n) is 2.95. The molecular weight excluding hydrogens is 368 g/mol. The van der Waals surface area contributed by atoms with Gasteiger partial charge in [-0.2, -0.15) is 0 Å². The van der Waals surface area contributed by atoms with Crippen LogP contribution in [0.5, 0.6) is 0 Å². The number of esters is 1. The number of likely N-dealkylation sites (N-methyl/N-ethyl adjacent to an activating group) is 1. The second kappa shape index (κ2) is 7.79. The van der Waals surface area contributed by atoms with Gasteiger partial charge in [-0.05, 0) is 42.7 Å². The van der Waals surface area contributed by atoms with Crippen molar-refractivity contribution < 1.29 is 22.7 Å². The molecule has 0 saturated carbocycles. The monoisotopic (exact) mass is 388 g/mol. The molecule has 1 heterocycles. The van der Waals surface area contributed by atoms with Gasteiger partial charge in [-0.25, -0.2) is 13.2 Å².